The average molecular weight is 426 g/mol. The number of carbonyl (C=O) groups is 1. The van der Waals surface area contributed by atoms with Crippen molar-refractivity contribution in [1.29, 1.82) is 0 Å². The van der Waals surface area contributed by atoms with E-state index in [9.17, 15) is 4.79 Å². The van der Waals surface area contributed by atoms with Crippen LogP contribution in [0, 0.1) is 0 Å². The first-order chi connectivity index (χ1) is 14.1. The zero-order valence-corrected chi connectivity index (χ0v) is 18.4. The van der Waals surface area contributed by atoms with Crippen LogP contribution in [0.3, 0.4) is 0 Å². The first-order valence-corrected chi connectivity index (χ1v) is 11.3. The van der Waals surface area contributed by atoms with Crippen LogP contribution in [0.4, 0.5) is 4.79 Å². The number of aromatic nitrogens is 2. The van der Waals surface area contributed by atoms with Crippen molar-refractivity contribution in [3.63, 3.8) is 0 Å². The lowest BCUT2D eigenvalue weighted by molar-refractivity contribution is -0.919. The van der Waals surface area contributed by atoms with Gasteiger partial charge in [0.1, 0.15) is 12.2 Å². The molecule has 1 atom stereocenters. The predicted octanol–water partition coefficient (Wildman–Crippen LogP) is 3.16. The monoisotopic (exact) mass is 425 g/mol. The van der Waals surface area contributed by atoms with Gasteiger partial charge >= 0.3 is 6.09 Å². The lowest BCUT2D eigenvalue weighted by atomic mass is 10.1. The van der Waals surface area contributed by atoms with Gasteiger partial charge in [0.15, 0.2) is 0 Å². The molecule has 29 heavy (non-hydrogen) atoms. The molecule has 0 saturated carbocycles. The van der Waals surface area contributed by atoms with Gasteiger partial charge in [-0.05, 0) is 6.42 Å². The second-order valence-corrected chi connectivity index (χ2v) is 8.51. The van der Waals surface area contributed by atoms with Crippen molar-refractivity contribution in [2.75, 3.05) is 59.8 Å². The van der Waals surface area contributed by atoms with Crippen molar-refractivity contribution in [2.24, 2.45) is 0 Å². The summed E-state index contributed by atoms with van der Waals surface area (Å²) in [6, 6.07) is 0. The van der Waals surface area contributed by atoms with E-state index in [-0.39, 0.29) is 6.09 Å². The van der Waals surface area contributed by atoms with E-state index in [0.29, 0.717) is 50.0 Å². The second kappa shape index (κ2) is 10.9. The highest BCUT2D eigenvalue weighted by atomic mass is 32.1. The summed E-state index contributed by atoms with van der Waals surface area (Å²) in [7, 11) is 2.12. The van der Waals surface area contributed by atoms with Gasteiger partial charge in [-0.25, -0.2) is 4.79 Å². The molecule has 0 aromatic carbocycles. The van der Waals surface area contributed by atoms with Crippen LogP contribution in [0.2, 0.25) is 0 Å². The number of hydrogen-bond acceptors (Lipinski definition) is 7. The number of morpholine rings is 1. The molecule has 3 heterocycles. The van der Waals surface area contributed by atoms with Gasteiger partial charge in [0.2, 0.25) is 6.73 Å². The third-order valence-corrected chi connectivity index (χ3v) is 5.89. The Morgan fingerprint density at radius 1 is 1.28 bits per heavy atom. The fourth-order valence-electron chi connectivity index (χ4n) is 3.60. The van der Waals surface area contributed by atoms with Gasteiger partial charge in [-0.1, -0.05) is 32.3 Å². The molecule has 0 aliphatic carbocycles. The predicted molar refractivity (Wildman–Crippen MR) is 112 cm³/mol. The minimum atomic E-state index is -0.254. The van der Waals surface area contributed by atoms with Crippen molar-refractivity contribution in [1.82, 2.24) is 13.6 Å². The summed E-state index contributed by atoms with van der Waals surface area (Å²) in [5.41, 5.74) is 1.97. The van der Waals surface area contributed by atoms with Crippen LogP contribution in [0.1, 0.15) is 44.7 Å². The molecular weight excluding hydrogens is 392 g/mol. The van der Waals surface area contributed by atoms with E-state index >= 15 is 0 Å². The zero-order chi connectivity index (χ0) is 20.5. The lowest BCUT2D eigenvalue weighted by Gasteiger charge is -2.37. The molecule has 2 aliphatic rings. The molecule has 3 rings (SSSR count). The highest BCUT2D eigenvalue weighted by Crippen LogP contribution is 2.30. The molecule has 1 aromatic rings. The number of unbranched alkanes of at least 4 members (excludes halogenated alkanes) is 3. The number of ether oxygens (including phenoxy) is 3. The van der Waals surface area contributed by atoms with Crippen molar-refractivity contribution in [3.8, 4) is 5.88 Å². The maximum Gasteiger partial charge on any atom is 0.414 e. The topological polar surface area (TPSA) is 73.8 Å². The number of quaternary nitrogens is 1. The number of rotatable bonds is 9. The molecule has 162 valence electrons. The molecular formula is C20H33N4O4S+. The Balaban J connectivity index is 1.52. The lowest BCUT2D eigenvalue weighted by Crippen LogP contribution is -2.51. The molecule has 9 heteroatoms. The van der Waals surface area contributed by atoms with Crippen molar-refractivity contribution in [3.05, 3.63) is 11.8 Å². The van der Waals surface area contributed by atoms with Crippen LogP contribution < -0.4 is 4.74 Å². The SMILES string of the molecule is CCCCCCOc1nsnc1C1=CCC[N+](C)(COC(=O)N2CCOCC2)C1. The number of carbonyl (C=O) groups excluding carboxylic acids is 1. The van der Waals surface area contributed by atoms with Crippen LogP contribution in [-0.4, -0.2) is 84.0 Å². The molecule has 1 unspecified atom stereocenters. The first kappa shape index (κ1) is 22.0. The van der Waals surface area contributed by atoms with E-state index < -0.39 is 0 Å². The molecule has 0 radical (unpaired) electrons. The molecule has 0 bridgehead atoms. The van der Waals surface area contributed by atoms with Crippen LogP contribution in [0.5, 0.6) is 5.88 Å². The molecule has 1 saturated heterocycles. The van der Waals surface area contributed by atoms with Crippen LogP contribution in [0.25, 0.3) is 5.57 Å². The molecule has 1 fully saturated rings. The highest BCUT2D eigenvalue weighted by molar-refractivity contribution is 6.99. The summed E-state index contributed by atoms with van der Waals surface area (Å²) in [5, 5.41) is 0. The van der Waals surface area contributed by atoms with Crippen LogP contribution >= 0.6 is 11.7 Å². The van der Waals surface area contributed by atoms with Crippen molar-refractivity contribution in [2.45, 2.75) is 39.0 Å². The molecule has 0 N–H and O–H groups in total. The van der Waals surface area contributed by atoms with Gasteiger partial charge < -0.3 is 19.1 Å². The van der Waals surface area contributed by atoms with E-state index in [0.717, 1.165) is 37.2 Å². The summed E-state index contributed by atoms with van der Waals surface area (Å²) < 4.78 is 26.3. The molecule has 0 spiro atoms. The summed E-state index contributed by atoms with van der Waals surface area (Å²) >= 11 is 1.19. The normalized spacial score (nSPS) is 22.3. The summed E-state index contributed by atoms with van der Waals surface area (Å²) in [6.45, 7) is 7.23. The summed E-state index contributed by atoms with van der Waals surface area (Å²) in [4.78, 5) is 14.0. The maximum absolute atomic E-state index is 12.3. The van der Waals surface area contributed by atoms with Crippen LogP contribution in [-0.2, 0) is 9.47 Å². The molecule has 1 aromatic heterocycles. The molecule has 1 amide bonds. The Bertz CT molecular complexity index is 690. The van der Waals surface area contributed by atoms with E-state index in [2.05, 4.69) is 28.8 Å². The summed E-state index contributed by atoms with van der Waals surface area (Å²) in [5.74, 6) is 0.636. The highest BCUT2D eigenvalue weighted by Gasteiger charge is 2.32. The van der Waals surface area contributed by atoms with Gasteiger partial charge in [0, 0.05) is 25.1 Å². The maximum atomic E-state index is 12.3. The fourth-order valence-corrected chi connectivity index (χ4v) is 4.14. The Hall–Kier alpha value is -1.71. The largest absolute Gasteiger partial charge is 0.475 e. The standard InChI is InChI=1S/C20H33N4O4S/c1-3-4-5-6-12-27-19-18(21-29-22-19)17-8-7-11-24(2,15-17)16-28-20(25)23-9-13-26-14-10-23/h8H,3-7,9-16H2,1-2H3/q+1. The van der Waals surface area contributed by atoms with E-state index in [1.165, 1.54) is 31.0 Å². The van der Waals surface area contributed by atoms with E-state index in [1.54, 1.807) is 4.90 Å². The molecule has 2 aliphatic heterocycles. The second-order valence-electron chi connectivity index (χ2n) is 7.99. The van der Waals surface area contributed by atoms with Gasteiger partial charge in [0.05, 0.1) is 45.1 Å². The van der Waals surface area contributed by atoms with E-state index in [4.69, 9.17) is 14.2 Å². The van der Waals surface area contributed by atoms with E-state index in [1.807, 2.05) is 0 Å². The number of hydrogen-bond donors (Lipinski definition) is 0. The van der Waals surface area contributed by atoms with Crippen molar-refractivity contribution < 1.29 is 23.5 Å². The van der Waals surface area contributed by atoms with Gasteiger partial charge in [0.25, 0.3) is 5.88 Å². The third kappa shape index (κ3) is 6.38. The quantitative estimate of drug-likeness (QED) is 0.447. The molecule has 8 nitrogen and oxygen atoms in total. The third-order valence-electron chi connectivity index (χ3n) is 5.38. The Morgan fingerprint density at radius 2 is 2.10 bits per heavy atom. The Kier molecular flexibility index (Phi) is 8.26. The number of amides is 1. The average Bonchev–Trinajstić information content (AvgIpc) is 3.21. The van der Waals surface area contributed by atoms with Crippen LogP contribution in [0.15, 0.2) is 6.08 Å². The number of nitrogens with zero attached hydrogens (tertiary/aromatic N) is 4. The zero-order valence-electron chi connectivity index (χ0n) is 17.6. The number of likely N-dealkylation sites (N-methyl/N-ethyl adjacent to an activating group) is 1. The minimum absolute atomic E-state index is 0.254. The van der Waals surface area contributed by atoms with Gasteiger partial charge in [-0.2, -0.15) is 4.37 Å². The Morgan fingerprint density at radius 3 is 2.90 bits per heavy atom. The minimum Gasteiger partial charge on any atom is -0.475 e. The van der Waals surface area contributed by atoms with Gasteiger partial charge in [-0.15, -0.1) is 4.37 Å². The Labute approximate surface area is 177 Å². The summed E-state index contributed by atoms with van der Waals surface area (Å²) in [6.07, 6.45) is 7.53. The first-order valence-electron chi connectivity index (χ1n) is 10.6. The van der Waals surface area contributed by atoms with Crippen molar-refractivity contribution >= 4 is 23.4 Å². The fraction of sp³-hybridized carbons (Fsp3) is 0.750. The smallest absolute Gasteiger partial charge is 0.414 e. The van der Waals surface area contributed by atoms with Gasteiger partial charge in [-0.3, -0.25) is 4.48 Å².